The number of carbonyl (C=O) groups is 2. The lowest BCUT2D eigenvalue weighted by molar-refractivity contribution is -0.139. The van der Waals surface area contributed by atoms with E-state index in [0.717, 1.165) is 17.3 Å². The lowest BCUT2D eigenvalue weighted by Gasteiger charge is -2.10. The second-order valence-corrected chi connectivity index (χ2v) is 6.61. The predicted molar refractivity (Wildman–Crippen MR) is 91.4 cm³/mol. The summed E-state index contributed by atoms with van der Waals surface area (Å²) in [4.78, 5) is 42.2. The minimum atomic E-state index is -0.479. The minimum absolute atomic E-state index is 0.0546. The summed E-state index contributed by atoms with van der Waals surface area (Å²) in [6.07, 6.45) is -0.0890. The fraction of sp³-hybridized carbons (Fsp3) is 0.294. The maximum atomic E-state index is 12.4. The fourth-order valence-corrected chi connectivity index (χ4v) is 2.93. The quantitative estimate of drug-likeness (QED) is 0.373. The Labute approximate surface area is 143 Å². The smallest absolute Gasteiger partial charge is 0.311 e. The van der Waals surface area contributed by atoms with Crippen LogP contribution in [-0.4, -0.2) is 34.1 Å². The first-order valence-electron chi connectivity index (χ1n) is 7.33. The molecule has 6 nitrogen and oxygen atoms in total. The molecule has 1 atom stereocenters. The molecule has 2 rings (SSSR count). The van der Waals surface area contributed by atoms with Crippen LogP contribution in [-0.2, 0) is 16.0 Å². The number of methoxy groups -OCH3 is 1. The number of aromatic amines is 1. The Morgan fingerprint density at radius 2 is 1.96 bits per heavy atom. The average molecular weight is 346 g/mol. The molecule has 0 aliphatic carbocycles. The third-order valence-electron chi connectivity index (χ3n) is 3.32. The number of rotatable bonds is 6. The fourth-order valence-electron chi connectivity index (χ4n) is 2.02. The van der Waals surface area contributed by atoms with Gasteiger partial charge in [0.1, 0.15) is 0 Å². The van der Waals surface area contributed by atoms with Crippen LogP contribution in [0.25, 0.3) is 0 Å². The second kappa shape index (κ2) is 7.92. The first-order valence-corrected chi connectivity index (χ1v) is 8.21. The van der Waals surface area contributed by atoms with Gasteiger partial charge in [-0.3, -0.25) is 14.4 Å². The summed E-state index contributed by atoms with van der Waals surface area (Å²) in [5.41, 5.74) is 1.62. The number of nitrogens with zero attached hydrogens (tertiary/aromatic N) is 1. The molecule has 0 radical (unpaired) electrons. The largest absolute Gasteiger partial charge is 0.469 e. The summed E-state index contributed by atoms with van der Waals surface area (Å²) in [6, 6.07) is 8.55. The van der Waals surface area contributed by atoms with Crippen molar-refractivity contribution in [2.45, 2.75) is 30.7 Å². The van der Waals surface area contributed by atoms with Gasteiger partial charge in [-0.05, 0) is 13.8 Å². The highest BCUT2D eigenvalue weighted by molar-refractivity contribution is 8.00. The topological polar surface area (TPSA) is 89.1 Å². The SMILES string of the molecule is COC(=O)Cc1cc(=O)[nH]c(S[C@H](C)C(=O)c2ccc(C)cc2)n1. The molecule has 1 aromatic carbocycles. The van der Waals surface area contributed by atoms with Gasteiger partial charge < -0.3 is 9.72 Å². The number of hydrogen-bond acceptors (Lipinski definition) is 6. The van der Waals surface area contributed by atoms with Crippen molar-refractivity contribution in [2.75, 3.05) is 7.11 Å². The molecule has 0 amide bonds. The third-order valence-corrected chi connectivity index (χ3v) is 4.30. The number of ether oxygens (including phenoxy) is 1. The molecule has 0 fully saturated rings. The molecule has 0 saturated heterocycles. The van der Waals surface area contributed by atoms with Gasteiger partial charge in [-0.2, -0.15) is 0 Å². The van der Waals surface area contributed by atoms with Crippen LogP contribution < -0.4 is 5.56 Å². The van der Waals surface area contributed by atoms with Crippen LogP contribution in [0.15, 0.2) is 40.3 Å². The van der Waals surface area contributed by atoms with Crippen LogP contribution in [0.4, 0.5) is 0 Å². The Balaban J connectivity index is 2.14. The molecule has 0 unspecified atom stereocenters. The zero-order chi connectivity index (χ0) is 17.7. The van der Waals surface area contributed by atoms with Gasteiger partial charge >= 0.3 is 5.97 Å². The Kier molecular flexibility index (Phi) is 5.92. The summed E-state index contributed by atoms with van der Waals surface area (Å²) in [7, 11) is 1.27. The van der Waals surface area contributed by atoms with Gasteiger partial charge in [0.05, 0.1) is 24.5 Å². The number of esters is 1. The van der Waals surface area contributed by atoms with Crippen molar-refractivity contribution < 1.29 is 14.3 Å². The standard InChI is InChI=1S/C17H18N2O4S/c1-10-4-6-12(7-5-10)16(22)11(2)24-17-18-13(8-14(20)19-17)9-15(21)23-3/h4-8,11H,9H2,1-3H3,(H,18,19,20)/t11-/m1/s1. The van der Waals surface area contributed by atoms with E-state index in [1.807, 2.05) is 19.1 Å². The molecule has 0 spiro atoms. The number of benzene rings is 1. The van der Waals surface area contributed by atoms with E-state index in [1.165, 1.54) is 13.2 Å². The number of nitrogens with one attached hydrogen (secondary N) is 1. The van der Waals surface area contributed by atoms with E-state index >= 15 is 0 Å². The Bertz CT molecular complexity index is 799. The van der Waals surface area contributed by atoms with Crippen LogP contribution in [0.3, 0.4) is 0 Å². The Hall–Kier alpha value is -2.41. The maximum Gasteiger partial charge on any atom is 0.311 e. The second-order valence-electron chi connectivity index (χ2n) is 5.29. The Morgan fingerprint density at radius 3 is 2.58 bits per heavy atom. The van der Waals surface area contributed by atoms with E-state index in [0.29, 0.717) is 16.4 Å². The zero-order valence-corrected chi connectivity index (χ0v) is 14.5. The number of Topliss-reactive ketones (excluding diaryl/α,β-unsaturated/α-hetero) is 1. The summed E-state index contributed by atoms with van der Waals surface area (Å²) in [5.74, 6) is -0.533. The van der Waals surface area contributed by atoms with Gasteiger partial charge in [0.2, 0.25) is 0 Å². The van der Waals surface area contributed by atoms with Crippen molar-refractivity contribution in [1.82, 2.24) is 9.97 Å². The lowest BCUT2D eigenvalue weighted by atomic mass is 10.1. The number of hydrogen-bond donors (Lipinski definition) is 1. The molecule has 1 heterocycles. The number of aromatic nitrogens is 2. The molecular formula is C17H18N2O4S. The number of carbonyl (C=O) groups excluding carboxylic acids is 2. The van der Waals surface area contributed by atoms with Gasteiger partial charge in [0.15, 0.2) is 10.9 Å². The minimum Gasteiger partial charge on any atom is -0.469 e. The van der Waals surface area contributed by atoms with E-state index in [9.17, 15) is 14.4 Å². The van der Waals surface area contributed by atoms with Crippen molar-refractivity contribution in [3.05, 3.63) is 57.5 Å². The summed E-state index contributed by atoms with van der Waals surface area (Å²) in [5, 5.41) is -0.126. The van der Waals surface area contributed by atoms with E-state index in [2.05, 4.69) is 14.7 Å². The molecule has 2 aromatic rings. The normalized spacial score (nSPS) is 11.8. The molecular weight excluding hydrogens is 328 g/mol. The van der Waals surface area contributed by atoms with Crippen molar-refractivity contribution in [2.24, 2.45) is 0 Å². The molecule has 0 saturated carbocycles. The van der Waals surface area contributed by atoms with Gasteiger partial charge in [0, 0.05) is 11.6 Å². The molecule has 126 valence electrons. The summed E-state index contributed by atoms with van der Waals surface area (Å²) < 4.78 is 4.57. The van der Waals surface area contributed by atoms with E-state index < -0.39 is 11.2 Å². The molecule has 7 heteroatoms. The predicted octanol–water partition coefficient (Wildman–Crippen LogP) is 2.16. The average Bonchev–Trinajstić information content (AvgIpc) is 2.54. The highest BCUT2D eigenvalue weighted by Crippen LogP contribution is 2.22. The van der Waals surface area contributed by atoms with Crippen LogP contribution in [0.5, 0.6) is 0 Å². The van der Waals surface area contributed by atoms with Crippen LogP contribution in [0, 0.1) is 6.92 Å². The number of H-pyrrole nitrogens is 1. The van der Waals surface area contributed by atoms with Crippen LogP contribution in [0.1, 0.15) is 28.5 Å². The maximum absolute atomic E-state index is 12.4. The highest BCUT2D eigenvalue weighted by atomic mass is 32.2. The van der Waals surface area contributed by atoms with Crippen molar-refractivity contribution in [3.63, 3.8) is 0 Å². The highest BCUT2D eigenvalue weighted by Gasteiger charge is 2.18. The third kappa shape index (κ3) is 4.79. The monoisotopic (exact) mass is 346 g/mol. The van der Waals surface area contributed by atoms with Crippen molar-refractivity contribution >= 4 is 23.5 Å². The molecule has 0 aliphatic rings. The van der Waals surface area contributed by atoms with Gasteiger partial charge in [-0.15, -0.1) is 0 Å². The van der Waals surface area contributed by atoms with Crippen molar-refractivity contribution in [1.29, 1.82) is 0 Å². The van der Waals surface area contributed by atoms with Crippen LogP contribution in [0.2, 0.25) is 0 Å². The van der Waals surface area contributed by atoms with E-state index in [1.54, 1.807) is 19.1 Å². The number of aryl methyl sites for hydroxylation is 1. The molecule has 1 N–H and O–H groups in total. The number of thioether (sulfide) groups is 1. The van der Waals surface area contributed by atoms with Gasteiger partial charge in [0.25, 0.3) is 5.56 Å². The van der Waals surface area contributed by atoms with Gasteiger partial charge in [-0.1, -0.05) is 41.6 Å². The number of ketones is 1. The summed E-state index contributed by atoms with van der Waals surface area (Å²) in [6.45, 7) is 3.70. The first kappa shape index (κ1) is 17.9. The molecule has 0 bridgehead atoms. The van der Waals surface area contributed by atoms with Crippen LogP contribution >= 0.6 is 11.8 Å². The van der Waals surface area contributed by atoms with E-state index in [-0.39, 0.29) is 17.8 Å². The van der Waals surface area contributed by atoms with Crippen molar-refractivity contribution in [3.8, 4) is 0 Å². The zero-order valence-electron chi connectivity index (χ0n) is 13.7. The molecule has 1 aromatic heterocycles. The Morgan fingerprint density at radius 1 is 1.29 bits per heavy atom. The lowest BCUT2D eigenvalue weighted by Crippen LogP contribution is -2.17. The van der Waals surface area contributed by atoms with E-state index in [4.69, 9.17) is 0 Å². The summed E-state index contributed by atoms with van der Waals surface area (Å²) >= 11 is 1.15. The molecule has 0 aliphatic heterocycles. The van der Waals surface area contributed by atoms with Gasteiger partial charge in [-0.25, -0.2) is 4.98 Å². The molecule has 24 heavy (non-hydrogen) atoms. The first-order chi connectivity index (χ1) is 11.4.